The molecule has 0 aliphatic heterocycles. The Morgan fingerprint density at radius 1 is 1.33 bits per heavy atom. The maximum Gasteiger partial charge on any atom is 0.268 e. The molecular formula is C14H14N2O2. The fourth-order valence-corrected chi connectivity index (χ4v) is 1.99. The normalized spacial score (nSPS) is 14.7. The van der Waals surface area contributed by atoms with Gasteiger partial charge in [0.2, 0.25) is 0 Å². The number of hydrogen-bond acceptors (Lipinski definition) is 2. The minimum absolute atomic E-state index is 0.197. The lowest BCUT2D eigenvalue weighted by molar-refractivity contribution is 0.0946. The predicted octanol–water partition coefficient (Wildman–Crippen LogP) is 1.73. The number of H-pyrrole nitrogens is 1. The Labute approximate surface area is 104 Å². The van der Waals surface area contributed by atoms with Crippen molar-refractivity contribution in [1.82, 2.24) is 10.3 Å². The summed E-state index contributed by atoms with van der Waals surface area (Å²) in [5.74, 6) is -0.197. The van der Waals surface area contributed by atoms with Crippen molar-refractivity contribution < 1.29 is 4.79 Å². The van der Waals surface area contributed by atoms with Crippen LogP contribution in [0.25, 0.3) is 10.8 Å². The van der Waals surface area contributed by atoms with E-state index in [1.165, 1.54) is 0 Å². The van der Waals surface area contributed by atoms with Crippen LogP contribution in [0.15, 0.2) is 29.1 Å². The molecule has 1 saturated carbocycles. The Kier molecular flexibility index (Phi) is 2.44. The molecule has 0 saturated heterocycles. The van der Waals surface area contributed by atoms with E-state index in [1.807, 2.05) is 25.1 Å². The Balaban J connectivity index is 2.06. The minimum atomic E-state index is -0.211. The van der Waals surface area contributed by atoms with Gasteiger partial charge in [-0.25, -0.2) is 0 Å². The molecule has 0 radical (unpaired) electrons. The first-order valence-corrected chi connectivity index (χ1v) is 6.08. The van der Waals surface area contributed by atoms with Gasteiger partial charge in [0, 0.05) is 11.4 Å². The summed E-state index contributed by atoms with van der Waals surface area (Å²) in [7, 11) is 0. The summed E-state index contributed by atoms with van der Waals surface area (Å²) < 4.78 is 0. The molecule has 1 heterocycles. The topological polar surface area (TPSA) is 62.0 Å². The van der Waals surface area contributed by atoms with Crippen LogP contribution >= 0.6 is 0 Å². The van der Waals surface area contributed by atoms with Crippen LogP contribution in [0, 0.1) is 6.92 Å². The van der Waals surface area contributed by atoms with Gasteiger partial charge in [-0.2, -0.15) is 0 Å². The second kappa shape index (κ2) is 3.98. The molecule has 1 amide bonds. The van der Waals surface area contributed by atoms with Crippen molar-refractivity contribution in [2.24, 2.45) is 0 Å². The third-order valence-corrected chi connectivity index (χ3v) is 3.16. The molecule has 4 heteroatoms. The number of amides is 1. The van der Waals surface area contributed by atoms with Gasteiger partial charge < -0.3 is 10.3 Å². The van der Waals surface area contributed by atoms with Crippen molar-refractivity contribution in [3.63, 3.8) is 0 Å². The Hall–Kier alpha value is -2.10. The van der Waals surface area contributed by atoms with Crippen LogP contribution in [0.2, 0.25) is 0 Å². The predicted molar refractivity (Wildman–Crippen MR) is 69.8 cm³/mol. The quantitative estimate of drug-likeness (QED) is 0.842. The second-order valence-electron chi connectivity index (χ2n) is 4.85. The molecule has 0 spiro atoms. The maximum absolute atomic E-state index is 11.9. The lowest BCUT2D eigenvalue weighted by Gasteiger charge is -2.05. The van der Waals surface area contributed by atoms with Gasteiger partial charge in [-0.3, -0.25) is 9.59 Å². The fourth-order valence-electron chi connectivity index (χ4n) is 1.99. The van der Waals surface area contributed by atoms with Gasteiger partial charge in [-0.1, -0.05) is 17.7 Å². The molecule has 0 atom stereocenters. The second-order valence-corrected chi connectivity index (χ2v) is 4.85. The molecule has 92 valence electrons. The summed E-state index contributed by atoms with van der Waals surface area (Å²) in [6, 6.07) is 7.65. The first-order valence-electron chi connectivity index (χ1n) is 6.08. The summed E-state index contributed by atoms with van der Waals surface area (Å²) in [5.41, 5.74) is 1.16. The molecule has 1 fully saturated rings. The number of fused-ring (bicyclic) bond motifs is 1. The number of carbonyl (C=O) groups is 1. The average molecular weight is 242 g/mol. The van der Waals surface area contributed by atoms with Gasteiger partial charge in [0.25, 0.3) is 11.5 Å². The standard InChI is InChI=1S/C14H14N2O2/c1-8-2-3-9-7-12(14(18)15-10-4-5-10)16-13(17)11(9)6-8/h2-3,6-7,10H,4-5H2,1H3,(H,15,18)(H,16,17). The largest absolute Gasteiger partial charge is 0.348 e. The number of aromatic amines is 1. The number of aromatic nitrogens is 1. The molecule has 0 bridgehead atoms. The highest BCUT2D eigenvalue weighted by molar-refractivity contribution is 5.96. The van der Waals surface area contributed by atoms with Crippen molar-refractivity contribution in [3.05, 3.63) is 45.9 Å². The van der Waals surface area contributed by atoms with Crippen LogP contribution in [0.5, 0.6) is 0 Å². The number of carbonyl (C=O) groups excluding carboxylic acids is 1. The highest BCUT2D eigenvalue weighted by Gasteiger charge is 2.24. The summed E-state index contributed by atoms with van der Waals surface area (Å²) in [4.78, 5) is 26.4. The zero-order valence-corrected chi connectivity index (χ0v) is 10.1. The average Bonchev–Trinajstić information content (AvgIpc) is 3.13. The van der Waals surface area contributed by atoms with Crippen LogP contribution in [0.3, 0.4) is 0 Å². The van der Waals surface area contributed by atoms with Crippen LogP contribution < -0.4 is 10.9 Å². The Morgan fingerprint density at radius 2 is 2.11 bits per heavy atom. The van der Waals surface area contributed by atoms with E-state index in [2.05, 4.69) is 10.3 Å². The van der Waals surface area contributed by atoms with Crippen LogP contribution in [-0.2, 0) is 0 Å². The van der Waals surface area contributed by atoms with E-state index in [-0.39, 0.29) is 17.5 Å². The van der Waals surface area contributed by atoms with Gasteiger partial charge >= 0.3 is 0 Å². The van der Waals surface area contributed by atoms with E-state index in [1.54, 1.807) is 6.07 Å². The van der Waals surface area contributed by atoms with Crippen LogP contribution in [0.1, 0.15) is 28.9 Å². The smallest absolute Gasteiger partial charge is 0.268 e. The maximum atomic E-state index is 11.9. The van der Waals surface area contributed by atoms with Crippen molar-refractivity contribution in [1.29, 1.82) is 0 Å². The number of pyridine rings is 1. The first-order chi connectivity index (χ1) is 8.63. The molecule has 2 aromatic rings. The third kappa shape index (κ3) is 2.01. The molecule has 3 rings (SSSR count). The molecular weight excluding hydrogens is 228 g/mol. The SMILES string of the molecule is Cc1ccc2cc(C(=O)NC3CC3)[nH]c(=O)c2c1. The van der Waals surface area contributed by atoms with Gasteiger partial charge in [-0.15, -0.1) is 0 Å². The molecule has 1 aromatic heterocycles. The summed E-state index contributed by atoms with van der Waals surface area (Å²) in [6.07, 6.45) is 2.06. The Morgan fingerprint density at radius 3 is 2.83 bits per heavy atom. The molecule has 0 unspecified atom stereocenters. The minimum Gasteiger partial charge on any atom is -0.348 e. The summed E-state index contributed by atoms with van der Waals surface area (Å²) in [6.45, 7) is 1.94. The fraction of sp³-hybridized carbons (Fsp3) is 0.286. The van der Waals surface area contributed by atoms with Crippen molar-refractivity contribution in [2.75, 3.05) is 0 Å². The number of nitrogens with one attached hydrogen (secondary N) is 2. The number of aryl methyl sites for hydroxylation is 1. The van der Waals surface area contributed by atoms with Crippen molar-refractivity contribution in [2.45, 2.75) is 25.8 Å². The molecule has 1 aromatic carbocycles. The van der Waals surface area contributed by atoms with Gasteiger partial charge in [0.1, 0.15) is 5.69 Å². The van der Waals surface area contributed by atoms with E-state index in [0.29, 0.717) is 11.1 Å². The van der Waals surface area contributed by atoms with Crippen LogP contribution in [-0.4, -0.2) is 16.9 Å². The molecule has 4 nitrogen and oxygen atoms in total. The summed E-state index contributed by atoms with van der Waals surface area (Å²) >= 11 is 0. The van der Waals surface area contributed by atoms with Gasteiger partial charge in [0.15, 0.2) is 0 Å². The highest BCUT2D eigenvalue weighted by Crippen LogP contribution is 2.19. The zero-order valence-electron chi connectivity index (χ0n) is 10.1. The first kappa shape index (κ1) is 11.0. The monoisotopic (exact) mass is 242 g/mol. The lowest BCUT2D eigenvalue weighted by atomic mass is 10.1. The molecule has 1 aliphatic rings. The number of rotatable bonds is 2. The summed E-state index contributed by atoms with van der Waals surface area (Å²) in [5, 5.41) is 4.28. The van der Waals surface area contributed by atoms with E-state index in [9.17, 15) is 9.59 Å². The van der Waals surface area contributed by atoms with E-state index >= 15 is 0 Å². The highest BCUT2D eigenvalue weighted by atomic mass is 16.2. The van der Waals surface area contributed by atoms with E-state index in [0.717, 1.165) is 23.8 Å². The van der Waals surface area contributed by atoms with E-state index < -0.39 is 0 Å². The molecule has 1 aliphatic carbocycles. The molecule has 2 N–H and O–H groups in total. The number of benzene rings is 1. The van der Waals surface area contributed by atoms with Crippen molar-refractivity contribution >= 4 is 16.7 Å². The number of hydrogen-bond donors (Lipinski definition) is 2. The van der Waals surface area contributed by atoms with Gasteiger partial charge in [0.05, 0.1) is 0 Å². The lowest BCUT2D eigenvalue weighted by Crippen LogP contribution is -2.28. The Bertz CT molecular complexity index is 684. The zero-order chi connectivity index (χ0) is 12.7. The van der Waals surface area contributed by atoms with Gasteiger partial charge in [-0.05, 0) is 37.3 Å². The van der Waals surface area contributed by atoms with E-state index in [4.69, 9.17) is 0 Å². The molecule has 18 heavy (non-hydrogen) atoms. The van der Waals surface area contributed by atoms with Crippen molar-refractivity contribution in [3.8, 4) is 0 Å². The van der Waals surface area contributed by atoms with Crippen LogP contribution in [0.4, 0.5) is 0 Å². The third-order valence-electron chi connectivity index (χ3n) is 3.16.